The quantitative estimate of drug-likeness (QED) is 0.645. The Morgan fingerprint density at radius 2 is 2.08 bits per heavy atom. The van der Waals surface area contributed by atoms with Crippen molar-refractivity contribution in [1.29, 1.82) is 0 Å². The molecule has 3 rings (SSSR count). The van der Waals surface area contributed by atoms with Crippen molar-refractivity contribution in [3.63, 3.8) is 0 Å². The summed E-state index contributed by atoms with van der Waals surface area (Å²) in [6, 6.07) is 0. The molecule has 1 N–H and O–H groups in total. The molecule has 0 spiro atoms. The summed E-state index contributed by atoms with van der Waals surface area (Å²) in [5, 5.41) is 8.51. The lowest BCUT2D eigenvalue weighted by Crippen LogP contribution is -2.46. The van der Waals surface area contributed by atoms with Crippen LogP contribution in [0.15, 0.2) is 12.2 Å². The molecule has 3 aliphatic heterocycles. The third-order valence-corrected chi connectivity index (χ3v) is 3.19. The smallest absolute Gasteiger partial charge is 0.327 e. The van der Waals surface area contributed by atoms with E-state index in [1.807, 2.05) is 6.08 Å². The van der Waals surface area contributed by atoms with Gasteiger partial charge in [-0.15, -0.1) is 0 Å². The zero-order valence-electron chi connectivity index (χ0n) is 7.65. The number of hydrogen-bond donors (Lipinski definition) is 1. The fourth-order valence-electron chi connectivity index (χ4n) is 2.43. The third kappa shape index (κ3) is 1.91. The minimum atomic E-state index is -0.823. The van der Waals surface area contributed by atoms with Crippen LogP contribution in [0.25, 0.3) is 0 Å². The molecule has 13 heavy (non-hydrogen) atoms. The molecule has 0 aromatic heterocycles. The van der Waals surface area contributed by atoms with E-state index in [0.29, 0.717) is 5.92 Å². The second-order valence-corrected chi connectivity index (χ2v) is 4.00. The van der Waals surface area contributed by atoms with E-state index in [-0.39, 0.29) is 0 Å². The van der Waals surface area contributed by atoms with E-state index in [1.54, 1.807) is 0 Å². The fraction of sp³-hybridized carbons (Fsp3) is 0.700. The number of hydrogen-bond acceptors (Lipinski definition) is 2. The monoisotopic (exact) mass is 181 g/mol. The van der Waals surface area contributed by atoms with Crippen LogP contribution in [0.4, 0.5) is 0 Å². The molecule has 0 amide bonds. The number of fused-ring (bicyclic) bond motifs is 3. The van der Waals surface area contributed by atoms with Gasteiger partial charge in [-0.25, -0.2) is 4.79 Å². The summed E-state index contributed by atoms with van der Waals surface area (Å²) in [4.78, 5) is 12.8. The molecule has 0 radical (unpaired) electrons. The van der Waals surface area contributed by atoms with E-state index < -0.39 is 5.97 Å². The first-order chi connectivity index (χ1) is 6.25. The summed E-state index contributed by atoms with van der Waals surface area (Å²) in [6.45, 7) is 3.48. The third-order valence-electron chi connectivity index (χ3n) is 3.19. The summed E-state index contributed by atoms with van der Waals surface area (Å²) in [6.07, 6.45) is 5.66. The summed E-state index contributed by atoms with van der Waals surface area (Å²) in [5.74, 6) is 0.399. The van der Waals surface area contributed by atoms with E-state index in [1.165, 1.54) is 32.0 Å². The van der Waals surface area contributed by atoms with E-state index >= 15 is 0 Å². The molecule has 1 unspecified atom stereocenters. The average molecular weight is 181 g/mol. The lowest BCUT2D eigenvalue weighted by molar-refractivity contribution is -0.131. The van der Waals surface area contributed by atoms with Crippen molar-refractivity contribution in [3.8, 4) is 0 Å². The Morgan fingerprint density at radius 1 is 1.38 bits per heavy atom. The number of aliphatic carboxylic acids is 1. The van der Waals surface area contributed by atoms with Crippen molar-refractivity contribution in [3.05, 3.63) is 12.2 Å². The maximum absolute atomic E-state index is 10.3. The largest absolute Gasteiger partial charge is 0.478 e. The van der Waals surface area contributed by atoms with Gasteiger partial charge >= 0.3 is 5.97 Å². The Balaban J connectivity index is 1.97. The minimum Gasteiger partial charge on any atom is -0.478 e. The van der Waals surface area contributed by atoms with Gasteiger partial charge < -0.3 is 10.0 Å². The Kier molecular flexibility index (Phi) is 2.36. The summed E-state index contributed by atoms with van der Waals surface area (Å²) in [7, 11) is 0. The fourth-order valence-corrected chi connectivity index (χ4v) is 2.43. The van der Waals surface area contributed by atoms with Crippen LogP contribution >= 0.6 is 0 Å². The zero-order chi connectivity index (χ0) is 9.26. The topological polar surface area (TPSA) is 40.5 Å². The lowest BCUT2D eigenvalue weighted by Gasteiger charge is -2.43. The molecular weight excluding hydrogens is 166 g/mol. The van der Waals surface area contributed by atoms with Crippen LogP contribution < -0.4 is 0 Å². The molecule has 3 heteroatoms. The van der Waals surface area contributed by atoms with Crippen LogP contribution in [0.2, 0.25) is 0 Å². The van der Waals surface area contributed by atoms with Crippen LogP contribution in [0.5, 0.6) is 0 Å². The van der Waals surface area contributed by atoms with Gasteiger partial charge in [0.1, 0.15) is 0 Å². The van der Waals surface area contributed by atoms with E-state index in [4.69, 9.17) is 5.11 Å². The van der Waals surface area contributed by atoms with E-state index in [0.717, 1.165) is 12.5 Å². The Hall–Kier alpha value is -0.830. The number of rotatable bonds is 2. The van der Waals surface area contributed by atoms with Crippen molar-refractivity contribution in [1.82, 2.24) is 4.90 Å². The molecule has 3 fully saturated rings. The molecule has 3 saturated heterocycles. The number of nitrogens with zero attached hydrogens (tertiary/aromatic N) is 1. The Bertz CT molecular complexity index is 229. The molecule has 72 valence electrons. The highest BCUT2D eigenvalue weighted by Crippen LogP contribution is 2.32. The predicted molar refractivity (Wildman–Crippen MR) is 49.4 cm³/mol. The highest BCUT2D eigenvalue weighted by Gasteiger charge is 2.32. The van der Waals surface area contributed by atoms with Gasteiger partial charge in [-0.2, -0.15) is 0 Å². The first-order valence-corrected chi connectivity index (χ1v) is 4.89. The lowest BCUT2D eigenvalue weighted by atomic mass is 9.79. The van der Waals surface area contributed by atoms with Crippen LogP contribution in [0, 0.1) is 11.8 Å². The van der Waals surface area contributed by atoms with Gasteiger partial charge in [-0.3, -0.25) is 0 Å². The predicted octanol–water partition coefficient (Wildman–Crippen LogP) is 0.969. The first kappa shape index (κ1) is 8.75. The number of piperidine rings is 3. The summed E-state index contributed by atoms with van der Waals surface area (Å²) in [5.41, 5.74) is 0. The zero-order valence-corrected chi connectivity index (χ0v) is 7.65. The second-order valence-electron chi connectivity index (χ2n) is 4.00. The normalized spacial score (nSPS) is 38.3. The summed E-state index contributed by atoms with van der Waals surface area (Å²) >= 11 is 0. The maximum atomic E-state index is 10.3. The molecule has 0 aliphatic carbocycles. The van der Waals surface area contributed by atoms with Gasteiger partial charge in [-0.05, 0) is 37.8 Å². The molecule has 0 aromatic carbocycles. The maximum Gasteiger partial charge on any atom is 0.327 e. The summed E-state index contributed by atoms with van der Waals surface area (Å²) < 4.78 is 0. The molecule has 3 aliphatic rings. The van der Waals surface area contributed by atoms with E-state index in [9.17, 15) is 4.79 Å². The van der Waals surface area contributed by atoms with Crippen LogP contribution in [0.3, 0.4) is 0 Å². The average Bonchev–Trinajstić information content (AvgIpc) is 2.17. The highest BCUT2D eigenvalue weighted by atomic mass is 16.4. The van der Waals surface area contributed by atoms with Crippen LogP contribution in [-0.4, -0.2) is 35.6 Å². The molecule has 3 heterocycles. The highest BCUT2D eigenvalue weighted by molar-refractivity contribution is 5.79. The molecular formula is C10H15NO2. The van der Waals surface area contributed by atoms with Crippen molar-refractivity contribution < 1.29 is 9.90 Å². The molecule has 2 bridgehead atoms. The van der Waals surface area contributed by atoms with E-state index in [2.05, 4.69) is 4.90 Å². The van der Waals surface area contributed by atoms with Gasteiger partial charge in [0, 0.05) is 12.6 Å². The Morgan fingerprint density at radius 3 is 2.54 bits per heavy atom. The molecule has 0 saturated carbocycles. The standard InChI is InChI=1S/C10H15NO2/c12-10(13)2-1-9-7-11-5-3-8(9)4-6-11/h1-2,8-9H,3-7H2,(H,12,13)/b2-1-. The molecule has 0 aromatic rings. The first-order valence-electron chi connectivity index (χ1n) is 4.89. The van der Waals surface area contributed by atoms with Crippen LogP contribution in [0.1, 0.15) is 12.8 Å². The Labute approximate surface area is 78.0 Å². The van der Waals surface area contributed by atoms with Gasteiger partial charge in [-0.1, -0.05) is 6.08 Å². The molecule has 1 atom stereocenters. The van der Waals surface area contributed by atoms with Crippen molar-refractivity contribution in [2.24, 2.45) is 11.8 Å². The van der Waals surface area contributed by atoms with Gasteiger partial charge in [0.2, 0.25) is 0 Å². The van der Waals surface area contributed by atoms with Gasteiger partial charge in [0.05, 0.1) is 0 Å². The van der Waals surface area contributed by atoms with Crippen molar-refractivity contribution in [2.45, 2.75) is 12.8 Å². The van der Waals surface area contributed by atoms with Crippen molar-refractivity contribution in [2.75, 3.05) is 19.6 Å². The number of carboxylic acid groups (broad SMARTS) is 1. The molecule has 3 nitrogen and oxygen atoms in total. The number of carbonyl (C=O) groups is 1. The van der Waals surface area contributed by atoms with Gasteiger partial charge in [0.25, 0.3) is 0 Å². The SMILES string of the molecule is O=C(O)/C=C\C1CN2CCC1CC2. The minimum absolute atomic E-state index is 0.485. The number of carboxylic acids is 1. The van der Waals surface area contributed by atoms with Gasteiger partial charge in [0.15, 0.2) is 0 Å². The van der Waals surface area contributed by atoms with Crippen molar-refractivity contribution >= 4 is 5.97 Å². The second kappa shape index (κ2) is 3.50. The van der Waals surface area contributed by atoms with Crippen LogP contribution in [-0.2, 0) is 4.79 Å².